The molecule has 0 aliphatic carbocycles. The van der Waals surface area contributed by atoms with Gasteiger partial charge in [-0.25, -0.2) is 13.6 Å². The van der Waals surface area contributed by atoms with E-state index in [2.05, 4.69) is 20.9 Å². The molecule has 0 bridgehead atoms. The summed E-state index contributed by atoms with van der Waals surface area (Å²) in [7, 11) is 0. The first-order valence-electron chi connectivity index (χ1n) is 9.56. The molecule has 6 nitrogen and oxygen atoms in total. The highest BCUT2D eigenvalue weighted by molar-refractivity contribution is 6.04. The van der Waals surface area contributed by atoms with Crippen molar-refractivity contribution in [3.8, 4) is 0 Å². The highest BCUT2D eigenvalue weighted by Crippen LogP contribution is 2.28. The number of nitrogens with zero attached hydrogens (tertiary/aromatic N) is 1. The molecule has 154 valence electrons. The SMILES string of the molecule is CC(C)NC(=O)c1cc(NC(=O)Nc2ccc(F)c(F)c2)ccc1N1CCCC1. The van der Waals surface area contributed by atoms with Crippen LogP contribution in [0.2, 0.25) is 0 Å². The average Bonchev–Trinajstić information content (AvgIpc) is 3.18. The predicted molar refractivity (Wildman–Crippen MR) is 109 cm³/mol. The van der Waals surface area contributed by atoms with Crippen LogP contribution in [-0.4, -0.2) is 31.1 Å². The van der Waals surface area contributed by atoms with Crippen LogP contribution in [0, 0.1) is 11.6 Å². The van der Waals surface area contributed by atoms with Gasteiger partial charge in [0.1, 0.15) is 0 Å². The fraction of sp³-hybridized carbons (Fsp3) is 0.333. The van der Waals surface area contributed by atoms with Crippen molar-refractivity contribution in [3.63, 3.8) is 0 Å². The van der Waals surface area contributed by atoms with Gasteiger partial charge in [-0.1, -0.05) is 0 Å². The molecule has 29 heavy (non-hydrogen) atoms. The lowest BCUT2D eigenvalue weighted by Crippen LogP contribution is -2.32. The first-order chi connectivity index (χ1) is 13.8. The lowest BCUT2D eigenvalue weighted by atomic mass is 10.1. The van der Waals surface area contributed by atoms with E-state index in [4.69, 9.17) is 0 Å². The van der Waals surface area contributed by atoms with Crippen LogP contribution in [0.3, 0.4) is 0 Å². The number of hydrogen-bond donors (Lipinski definition) is 3. The van der Waals surface area contributed by atoms with Crippen LogP contribution in [-0.2, 0) is 0 Å². The Kier molecular flexibility index (Phi) is 6.31. The Balaban J connectivity index is 1.78. The standard InChI is InChI=1S/C21H24F2N4O2/c1-13(2)24-20(28)16-11-14(6-8-19(16)27-9-3-4-10-27)25-21(29)26-15-5-7-17(22)18(23)12-15/h5-8,11-13H,3-4,9-10H2,1-2H3,(H,24,28)(H2,25,26,29). The van der Waals surface area contributed by atoms with Gasteiger partial charge in [-0.3, -0.25) is 4.79 Å². The van der Waals surface area contributed by atoms with E-state index in [0.29, 0.717) is 11.3 Å². The summed E-state index contributed by atoms with van der Waals surface area (Å²) >= 11 is 0. The minimum atomic E-state index is -1.05. The number of hydrogen-bond acceptors (Lipinski definition) is 3. The lowest BCUT2D eigenvalue weighted by molar-refractivity contribution is 0.0943. The molecule has 3 rings (SSSR count). The van der Waals surface area contributed by atoms with Crippen LogP contribution in [0.5, 0.6) is 0 Å². The van der Waals surface area contributed by atoms with Crippen molar-refractivity contribution in [1.29, 1.82) is 0 Å². The van der Waals surface area contributed by atoms with Gasteiger partial charge >= 0.3 is 6.03 Å². The molecular formula is C21H24F2N4O2. The van der Waals surface area contributed by atoms with Gasteiger partial charge in [0.05, 0.1) is 5.56 Å². The van der Waals surface area contributed by atoms with Gasteiger partial charge in [0.2, 0.25) is 0 Å². The van der Waals surface area contributed by atoms with Crippen LogP contribution >= 0.6 is 0 Å². The fourth-order valence-electron chi connectivity index (χ4n) is 3.24. The second kappa shape index (κ2) is 8.89. The second-order valence-corrected chi connectivity index (χ2v) is 7.26. The Labute approximate surface area is 168 Å². The van der Waals surface area contributed by atoms with Crippen molar-refractivity contribution in [2.24, 2.45) is 0 Å². The van der Waals surface area contributed by atoms with E-state index in [1.165, 1.54) is 6.07 Å². The van der Waals surface area contributed by atoms with Crippen LogP contribution in [0.15, 0.2) is 36.4 Å². The van der Waals surface area contributed by atoms with Crippen LogP contribution in [0.25, 0.3) is 0 Å². The van der Waals surface area contributed by atoms with Gasteiger partial charge in [-0.2, -0.15) is 0 Å². The van der Waals surface area contributed by atoms with Crippen LogP contribution < -0.4 is 20.9 Å². The Bertz CT molecular complexity index is 912. The van der Waals surface area contributed by atoms with E-state index >= 15 is 0 Å². The highest BCUT2D eigenvalue weighted by Gasteiger charge is 2.21. The van der Waals surface area contributed by atoms with E-state index < -0.39 is 17.7 Å². The number of anilines is 3. The average molecular weight is 402 g/mol. The third-order valence-corrected chi connectivity index (χ3v) is 4.54. The third kappa shape index (κ3) is 5.22. The smallest absolute Gasteiger partial charge is 0.323 e. The second-order valence-electron chi connectivity index (χ2n) is 7.26. The van der Waals surface area contributed by atoms with Gasteiger partial charge < -0.3 is 20.9 Å². The maximum atomic E-state index is 13.3. The number of amides is 3. The Morgan fingerprint density at radius 3 is 2.17 bits per heavy atom. The van der Waals surface area contributed by atoms with E-state index in [1.54, 1.807) is 12.1 Å². The fourth-order valence-corrected chi connectivity index (χ4v) is 3.24. The van der Waals surface area contributed by atoms with Gasteiger partial charge in [0, 0.05) is 42.3 Å². The molecule has 0 aromatic heterocycles. The molecular weight excluding hydrogens is 378 g/mol. The molecule has 1 aliphatic heterocycles. The van der Waals surface area contributed by atoms with Crippen molar-refractivity contribution in [3.05, 3.63) is 53.6 Å². The summed E-state index contributed by atoms with van der Waals surface area (Å²) in [5, 5.41) is 7.95. The maximum Gasteiger partial charge on any atom is 0.323 e. The zero-order valence-corrected chi connectivity index (χ0v) is 16.4. The lowest BCUT2D eigenvalue weighted by Gasteiger charge is -2.22. The summed E-state index contributed by atoms with van der Waals surface area (Å²) in [5.41, 5.74) is 1.84. The molecule has 1 fully saturated rings. The summed E-state index contributed by atoms with van der Waals surface area (Å²) in [6.07, 6.45) is 2.14. The number of carbonyl (C=O) groups excluding carboxylic acids is 2. The van der Waals surface area contributed by atoms with E-state index in [-0.39, 0.29) is 17.6 Å². The van der Waals surface area contributed by atoms with Crippen molar-refractivity contribution in [1.82, 2.24) is 5.32 Å². The van der Waals surface area contributed by atoms with Gasteiger partial charge in [0.15, 0.2) is 11.6 Å². The molecule has 0 spiro atoms. The first-order valence-corrected chi connectivity index (χ1v) is 9.56. The molecule has 1 saturated heterocycles. The van der Waals surface area contributed by atoms with Gasteiger partial charge in [0.25, 0.3) is 5.91 Å². The number of urea groups is 1. The number of benzene rings is 2. The third-order valence-electron chi connectivity index (χ3n) is 4.54. The zero-order chi connectivity index (χ0) is 21.0. The maximum absolute atomic E-state index is 13.3. The minimum absolute atomic E-state index is 0.0257. The Morgan fingerprint density at radius 2 is 1.55 bits per heavy atom. The molecule has 8 heteroatoms. The topological polar surface area (TPSA) is 73.5 Å². The van der Waals surface area contributed by atoms with E-state index in [1.807, 2.05) is 19.9 Å². The monoisotopic (exact) mass is 402 g/mol. The largest absolute Gasteiger partial charge is 0.371 e. The molecule has 0 unspecified atom stereocenters. The molecule has 2 aromatic rings. The zero-order valence-electron chi connectivity index (χ0n) is 16.4. The summed E-state index contributed by atoms with van der Waals surface area (Å²) in [4.78, 5) is 27.1. The van der Waals surface area contributed by atoms with Crippen molar-refractivity contribution in [2.75, 3.05) is 28.6 Å². The van der Waals surface area contributed by atoms with Crippen LogP contribution in [0.4, 0.5) is 30.6 Å². The van der Waals surface area contributed by atoms with Crippen molar-refractivity contribution >= 4 is 29.0 Å². The molecule has 3 N–H and O–H groups in total. The van der Waals surface area contributed by atoms with E-state index in [0.717, 1.165) is 43.8 Å². The van der Waals surface area contributed by atoms with Crippen LogP contribution in [0.1, 0.15) is 37.0 Å². The number of rotatable bonds is 5. The normalized spacial score (nSPS) is 13.5. The molecule has 2 aromatic carbocycles. The number of carbonyl (C=O) groups is 2. The highest BCUT2D eigenvalue weighted by atomic mass is 19.2. The quantitative estimate of drug-likeness (QED) is 0.696. The number of halogens is 2. The molecule has 0 radical (unpaired) electrons. The summed E-state index contributed by atoms with van der Waals surface area (Å²) in [5.74, 6) is -2.26. The van der Waals surface area contributed by atoms with E-state index in [9.17, 15) is 18.4 Å². The summed E-state index contributed by atoms with van der Waals surface area (Å²) in [6, 6.07) is 7.59. The molecule has 0 saturated carbocycles. The Hall–Kier alpha value is -3.16. The molecule has 3 amide bonds. The molecule has 1 aliphatic rings. The van der Waals surface area contributed by atoms with Crippen molar-refractivity contribution in [2.45, 2.75) is 32.7 Å². The summed E-state index contributed by atoms with van der Waals surface area (Å²) < 4.78 is 26.3. The Morgan fingerprint density at radius 1 is 0.931 bits per heavy atom. The minimum Gasteiger partial charge on any atom is -0.371 e. The van der Waals surface area contributed by atoms with Crippen molar-refractivity contribution < 1.29 is 18.4 Å². The first kappa shape index (κ1) is 20.6. The number of nitrogens with one attached hydrogen (secondary N) is 3. The predicted octanol–water partition coefficient (Wildman–Crippen LogP) is 4.35. The summed E-state index contributed by atoms with van der Waals surface area (Å²) in [6.45, 7) is 5.52. The molecule has 1 heterocycles. The van der Waals surface area contributed by atoms with Gasteiger partial charge in [-0.05, 0) is 57.0 Å². The van der Waals surface area contributed by atoms with Gasteiger partial charge in [-0.15, -0.1) is 0 Å². The molecule has 0 atom stereocenters.